The minimum Gasteiger partial charge on any atom is -0.340 e. The summed E-state index contributed by atoms with van der Waals surface area (Å²) in [4.78, 5) is 14.4. The number of amides is 1. The van der Waals surface area contributed by atoms with E-state index in [2.05, 4.69) is 10.2 Å². The van der Waals surface area contributed by atoms with Crippen molar-refractivity contribution in [1.82, 2.24) is 19.8 Å². The number of thiophene rings is 1. The van der Waals surface area contributed by atoms with Crippen LogP contribution in [-0.4, -0.2) is 38.5 Å². The highest BCUT2D eigenvalue weighted by Gasteiger charge is 2.38. The maximum atomic E-state index is 12.5. The summed E-state index contributed by atoms with van der Waals surface area (Å²) in [5.41, 5.74) is 0. The quantitative estimate of drug-likeness (QED) is 0.657. The smallest absolute Gasteiger partial charge is 0.340 e. The molecule has 0 radical (unpaired) electrons. The van der Waals surface area contributed by atoms with E-state index < -0.39 is 12.0 Å². The fourth-order valence-electron chi connectivity index (χ4n) is 1.53. The highest BCUT2D eigenvalue weighted by molar-refractivity contribution is 7.99. The normalized spacial score (nSPS) is 11.6. The van der Waals surface area contributed by atoms with Gasteiger partial charge in [0.2, 0.25) is 11.1 Å². The van der Waals surface area contributed by atoms with Crippen LogP contribution < -0.4 is 5.84 Å². The van der Waals surface area contributed by atoms with Crippen molar-refractivity contribution < 1.29 is 18.0 Å². The zero-order chi connectivity index (χ0) is 16.3. The van der Waals surface area contributed by atoms with Gasteiger partial charge in [0, 0.05) is 11.9 Å². The Hall–Kier alpha value is -1.75. The molecule has 0 aliphatic carbocycles. The van der Waals surface area contributed by atoms with Gasteiger partial charge in [-0.25, -0.2) is 4.68 Å². The fraction of sp³-hybridized carbons (Fsp3) is 0.364. The molecule has 0 aromatic carbocycles. The molecule has 0 spiro atoms. The summed E-state index contributed by atoms with van der Waals surface area (Å²) in [6.45, 7) is 0.445. The third-order valence-corrected chi connectivity index (χ3v) is 4.43. The number of carbonyl (C=O) groups is 1. The zero-order valence-corrected chi connectivity index (χ0v) is 13.0. The van der Waals surface area contributed by atoms with Crippen LogP contribution in [0.4, 0.5) is 13.2 Å². The molecule has 0 aliphatic heterocycles. The van der Waals surface area contributed by atoms with E-state index in [0.29, 0.717) is 11.2 Å². The van der Waals surface area contributed by atoms with Gasteiger partial charge in [0.05, 0.1) is 12.3 Å². The summed E-state index contributed by atoms with van der Waals surface area (Å²) in [5.74, 6) is 3.68. The Morgan fingerprint density at radius 2 is 2.23 bits per heavy atom. The Morgan fingerprint density at radius 3 is 2.77 bits per heavy atom. The Balaban J connectivity index is 1.92. The maximum absolute atomic E-state index is 12.5. The number of hydrogen-bond acceptors (Lipinski definition) is 6. The van der Waals surface area contributed by atoms with Crippen molar-refractivity contribution in [3.8, 4) is 0 Å². The van der Waals surface area contributed by atoms with Gasteiger partial charge in [-0.15, -0.1) is 21.5 Å². The summed E-state index contributed by atoms with van der Waals surface area (Å²) in [6, 6.07) is 3.77. The number of aromatic nitrogens is 3. The average molecular weight is 351 g/mol. The fourth-order valence-corrected chi connectivity index (χ4v) is 3.08. The molecule has 0 saturated heterocycles. The van der Waals surface area contributed by atoms with Crippen LogP contribution in [0.25, 0.3) is 0 Å². The SMILES string of the molecule is CN(Cc1cccs1)C(=O)CSc1nnc(C(F)(F)F)n1N. The van der Waals surface area contributed by atoms with E-state index in [9.17, 15) is 18.0 Å². The molecular weight excluding hydrogens is 339 g/mol. The number of alkyl halides is 3. The van der Waals surface area contributed by atoms with Crippen molar-refractivity contribution in [2.24, 2.45) is 0 Å². The van der Waals surface area contributed by atoms with Crippen LogP contribution in [0.2, 0.25) is 0 Å². The molecule has 2 heterocycles. The number of hydrogen-bond donors (Lipinski definition) is 1. The largest absolute Gasteiger partial charge is 0.453 e. The van der Waals surface area contributed by atoms with Crippen LogP contribution in [0, 0.1) is 0 Å². The first-order valence-electron chi connectivity index (χ1n) is 5.96. The van der Waals surface area contributed by atoms with Crippen molar-refractivity contribution in [3.63, 3.8) is 0 Å². The molecule has 2 rings (SSSR count). The molecule has 1 amide bonds. The number of halogens is 3. The van der Waals surface area contributed by atoms with E-state index in [1.165, 1.54) is 16.2 Å². The second-order valence-corrected chi connectivity index (χ2v) is 6.27. The van der Waals surface area contributed by atoms with E-state index in [1.807, 2.05) is 17.5 Å². The number of rotatable bonds is 5. The van der Waals surface area contributed by atoms with Gasteiger partial charge in [0.25, 0.3) is 5.82 Å². The predicted molar refractivity (Wildman–Crippen MR) is 76.7 cm³/mol. The van der Waals surface area contributed by atoms with Gasteiger partial charge in [-0.1, -0.05) is 17.8 Å². The summed E-state index contributed by atoms with van der Waals surface area (Å²) >= 11 is 2.33. The van der Waals surface area contributed by atoms with Gasteiger partial charge >= 0.3 is 6.18 Å². The number of thioether (sulfide) groups is 1. The lowest BCUT2D eigenvalue weighted by Crippen LogP contribution is -2.28. The van der Waals surface area contributed by atoms with E-state index in [0.717, 1.165) is 16.6 Å². The lowest BCUT2D eigenvalue weighted by atomic mass is 10.4. The van der Waals surface area contributed by atoms with Crippen molar-refractivity contribution in [2.45, 2.75) is 17.9 Å². The van der Waals surface area contributed by atoms with Crippen LogP contribution in [-0.2, 0) is 17.5 Å². The topological polar surface area (TPSA) is 77.0 Å². The van der Waals surface area contributed by atoms with Crippen LogP contribution in [0.1, 0.15) is 10.7 Å². The Morgan fingerprint density at radius 1 is 1.50 bits per heavy atom. The van der Waals surface area contributed by atoms with Gasteiger partial charge in [-0.05, 0) is 11.4 Å². The minimum atomic E-state index is -4.68. The lowest BCUT2D eigenvalue weighted by molar-refractivity contribution is -0.146. The van der Waals surface area contributed by atoms with Gasteiger partial charge < -0.3 is 10.7 Å². The summed E-state index contributed by atoms with van der Waals surface area (Å²) < 4.78 is 37.9. The van der Waals surface area contributed by atoms with Gasteiger partial charge in [0.1, 0.15) is 0 Å². The Labute approximate surface area is 132 Å². The summed E-state index contributed by atoms with van der Waals surface area (Å²) in [6.07, 6.45) is -4.68. The molecule has 0 saturated carbocycles. The predicted octanol–water partition coefficient (Wildman–Crippen LogP) is 1.82. The monoisotopic (exact) mass is 351 g/mol. The molecule has 0 aliphatic rings. The molecule has 0 unspecified atom stereocenters. The second kappa shape index (κ2) is 6.57. The van der Waals surface area contributed by atoms with Gasteiger partial charge in [0.15, 0.2) is 0 Å². The van der Waals surface area contributed by atoms with Crippen LogP contribution in [0.3, 0.4) is 0 Å². The highest BCUT2D eigenvalue weighted by atomic mass is 32.2. The number of nitrogen functional groups attached to an aromatic ring is 1. The van der Waals surface area contributed by atoms with Gasteiger partial charge in [-0.3, -0.25) is 4.79 Å². The van der Waals surface area contributed by atoms with E-state index in [-0.39, 0.29) is 16.8 Å². The molecular formula is C11H12F3N5OS2. The molecule has 2 aromatic rings. The molecule has 0 bridgehead atoms. The molecule has 6 nitrogen and oxygen atoms in total. The number of carbonyl (C=O) groups excluding carboxylic acids is 1. The standard InChI is InChI=1S/C11H12F3N5OS2/c1-18(5-7-3-2-4-21-7)8(20)6-22-10-17-16-9(19(10)15)11(12,13)14/h2-4H,5-6,15H2,1H3. The zero-order valence-electron chi connectivity index (χ0n) is 11.4. The van der Waals surface area contributed by atoms with Crippen molar-refractivity contribution in [2.75, 3.05) is 18.6 Å². The van der Waals surface area contributed by atoms with Crippen molar-refractivity contribution in [3.05, 3.63) is 28.2 Å². The van der Waals surface area contributed by atoms with Crippen molar-refractivity contribution in [1.29, 1.82) is 0 Å². The molecule has 0 atom stereocenters. The highest BCUT2D eigenvalue weighted by Crippen LogP contribution is 2.28. The van der Waals surface area contributed by atoms with Crippen molar-refractivity contribution >= 4 is 29.0 Å². The molecule has 2 N–H and O–H groups in total. The lowest BCUT2D eigenvalue weighted by Gasteiger charge is -2.15. The molecule has 120 valence electrons. The summed E-state index contributed by atoms with van der Waals surface area (Å²) in [5, 5.41) is 8.08. The summed E-state index contributed by atoms with van der Waals surface area (Å²) in [7, 11) is 1.62. The van der Waals surface area contributed by atoms with Crippen LogP contribution in [0.5, 0.6) is 0 Å². The third-order valence-electron chi connectivity index (χ3n) is 2.64. The Kier molecular flexibility index (Phi) is 4.96. The third kappa shape index (κ3) is 3.91. The molecule has 22 heavy (non-hydrogen) atoms. The average Bonchev–Trinajstić information content (AvgIpc) is 3.05. The first kappa shape index (κ1) is 16.6. The van der Waals surface area contributed by atoms with Gasteiger partial charge in [-0.2, -0.15) is 13.2 Å². The first-order chi connectivity index (χ1) is 10.3. The second-order valence-electron chi connectivity index (χ2n) is 4.29. The number of nitrogens with zero attached hydrogens (tertiary/aromatic N) is 4. The molecule has 2 aromatic heterocycles. The van der Waals surface area contributed by atoms with Crippen LogP contribution >= 0.6 is 23.1 Å². The van der Waals surface area contributed by atoms with E-state index >= 15 is 0 Å². The van der Waals surface area contributed by atoms with Crippen LogP contribution in [0.15, 0.2) is 22.7 Å². The van der Waals surface area contributed by atoms with E-state index in [4.69, 9.17) is 5.84 Å². The number of nitrogens with two attached hydrogens (primary N) is 1. The maximum Gasteiger partial charge on any atom is 0.453 e. The molecule has 0 fully saturated rings. The molecule has 11 heteroatoms. The Bertz CT molecular complexity index is 641. The van der Waals surface area contributed by atoms with E-state index in [1.54, 1.807) is 7.05 Å². The first-order valence-corrected chi connectivity index (χ1v) is 7.82. The minimum absolute atomic E-state index is 0.0743.